The van der Waals surface area contributed by atoms with Crippen LogP contribution in [0.15, 0.2) is 12.7 Å². The molecular formula is C22H40O3. The van der Waals surface area contributed by atoms with Gasteiger partial charge >= 0.3 is 0 Å². The van der Waals surface area contributed by atoms with Gasteiger partial charge in [-0.15, -0.1) is 6.58 Å². The standard InChI is InChI=1S/C22H40O3/c1-6-16(2)9-10-20-17(3)11-13-22(24-20)14-12-19(5)21(25-22)18(4)8-7-15-23/h6,16-21,23H,1,7-15H2,2-5H3/t16-,17-,18-,19+,20+,21+,22-/m1/s1. The zero-order valence-electron chi connectivity index (χ0n) is 16.9. The van der Waals surface area contributed by atoms with Gasteiger partial charge in [0.05, 0.1) is 12.2 Å². The van der Waals surface area contributed by atoms with E-state index in [4.69, 9.17) is 14.6 Å². The highest BCUT2D eigenvalue weighted by Crippen LogP contribution is 2.45. The Morgan fingerprint density at radius 3 is 2.44 bits per heavy atom. The molecule has 0 radical (unpaired) electrons. The van der Waals surface area contributed by atoms with E-state index in [-0.39, 0.29) is 18.5 Å². The number of rotatable bonds is 8. The molecule has 0 aromatic rings. The molecule has 2 saturated heterocycles. The Kier molecular flexibility index (Phi) is 7.97. The molecule has 2 aliphatic heterocycles. The monoisotopic (exact) mass is 352 g/mol. The van der Waals surface area contributed by atoms with Crippen molar-refractivity contribution < 1.29 is 14.6 Å². The van der Waals surface area contributed by atoms with E-state index in [1.54, 1.807) is 0 Å². The van der Waals surface area contributed by atoms with E-state index < -0.39 is 0 Å². The molecule has 2 fully saturated rings. The normalized spacial score (nSPS) is 38.4. The summed E-state index contributed by atoms with van der Waals surface area (Å²) < 4.78 is 13.3. The summed E-state index contributed by atoms with van der Waals surface area (Å²) in [5.74, 6) is 1.84. The maximum Gasteiger partial charge on any atom is 0.169 e. The Morgan fingerprint density at radius 2 is 1.80 bits per heavy atom. The molecule has 1 spiro atoms. The first-order valence-electron chi connectivity index (χ1n) is 10.5. The molecule has 0 saturated carbocycles. The minimum atomic E-state index is -0.362. The summed E-state index contributed by atoms with van der Waals surface area (Å²) in [7, 11) is 0. The highest BCUT2D eigenvalue weighted by Gasteiger charge is 2.47. The molecule has 7 atom stereocenters. The first-order valence-corrected chi connectivity index (χ1v) is 10.5. The van der Waals surface area contributed by atoms with Gasteiger partial charge in [-0.1, -0.05) is 33.8 Å². The van der Waals surface area contributed by atoms with Crippen molar-refractivity contribution in [3.05, 3.63) is 12.7 Å². The first-order chi connectivity index (χ1) is 11.9. The molecule has 2 rings (SSSR count). The fourth-order valence-corrected chi connectivity index (χ4v) is 4.53. The van der Waals surface area contributed by atoms with Gasteiger partial charge < -0.3 is 14.6 Å². The summed E-state index contributed by atoms with van der Waals surface area (Å²) in [4.78, 5) is 0. The molecule has 0 aliphatic carbocycles. The van der Waals surface area contributed by atoms with Crippen molar-refractivity contribution in [2.24, 2.45) is 23.7 Å². The highest BCUT2D eigenvalue weighted by molar-refractivity contribution is 4.90. The summed E-state index contributed by atoms with van der Waals surface area (Å²) in [6, 6.07) is 0. The average molecular weight is 353 g/mol. The topological polar surface area (TPSA) is 38.7 Å². The van der Waals surface area contributed by atoms with Crippen molar-refractivity contribution in [1.82, 2.24) is 0 Å². The van der Waals surface area contributed by atoms with Gasteiger partial charge in [-0.25, -0.2) is 0 Å². The largest absolute Gasteiger partial charge is 0.396 e. The summed E-state index contributed by atoms with van der Waals surface area (Å²) >= 11 is 0. The number of allylic oxidation sites excluding steroid dienone is 1. The Morgan fingerprint density at radius 1 is 1.12 bits per heavy atom. The molecule has 3 nitrogen and oxygen atoms in total. The number of hydrogen-bond acceptors (Lipinski definition) is 3. The summed E-state index contributed by atoms with van der Waals surface area (Å²) in [6.07, 6.45) is 11.1. The van der Waals surface area contributed by atoms with E-state index >= 15 is 0 Å². The lowest BCUT2D eigenvalue weighted by Crippen LogP contribution is -2.53. The third kappa shape index (κ3) is 5.55. The Balaban J connectivity index is 1.99. The minimum absolute atomic E-state index is 0.251. The lowest BCUT2D eigenvalue weighted by molar-refractivity contribution is -0.338. The molecule has 1 N–H and O–H groups in total. The van der Waals surface area contributed by atoms with Gasteiger partial charge in [0, 0.05) is 19.4 Å². The lowest BCUT2D eigenvalue weighted by Gasteiger charge is -2.51. The molecule has 146 valence electrons. The second kappa shape index (κ2) is 9.53. The molecular weight excluding hydrogens is 312 g/mol. The third-order valence-corrected chi connectivity index (χ3v) is 6.56. The van der Waals surface area contributed by atoms with Crippen molar-refractivity contribution in [3.8, 4) is 0 Å². The molecule has 0 aromatic heterocycles. The van der Waals surface area contributed by atoms with Crippen LogP contribution in [0.5, 0.6) is 0 Å². The van der Waals surface area contributed by atoms with Crippen LogP contribution in [0.2, 0.25) is 0 Å². The zero-order chi connectivity index (χ0) is 18.4. The van der Waals surface area contributed by atoms with Crippen LogP contribution >= 0.6 is 0 Å². The predicted molar refractivity (Wildman–Crippen MR) is 103 cm³/mol. The molecule has 2 aliphatic rings. The fourth-order valence-electron chi connectivity index (χ4n) is 4.53. The highest BCUT2D eigenvalue weighted by atomic mass is 16.7. The van der Waals surface area contributed by atoms with Crippen molar-refractivity contribution >= 4 is 0 Å². The van der Waals surface area contributed by atoms with Crippen LogP contribution in [0.3, 0.4) is 0 Å². The van der Waals surface area contributed by atoms with Gasteiger partial charge in [0.2, 0.25) is 0 Å². The first kappa shape index (κ1) is 20.9. The SMILES string of the molecule is C=C[C@@H](C)CC[C@@H]1O[C@@]2(CC[C@H]1C)CC[C@H](C)[C@H]([C@H](C)CCCO)O2. The Hall–Kier alpha value is -0.380. The molecule has 0 unspecified atom stereocenters. The van der Waals surface area contributed by atoms with Crippen molar-refractivity contribution in [1.29, 1.82) is 0 Å². The van der Waals surface area contributed by atoms with Crippen molar-refractivity contribution in [3.63, 3.8) is 0 Å². The van der Waals surface area contributed by atoms with Gasteiger partial charge in [-0.2, -0.15) is 0 Å². The van der Waals surface area contributed by atoms with Crippen LogP contribution in [0.4, 0.5) is 0 Å². The number of hydrogen-bond donors (Lipinski definition) is 1. The Labute approximate surface area is 155 Å². The number of aliphatic hydroxyl groups excluding tert-OH is 1. The fraction of sp³-hybridized carbons (Fsp3) is 0.909. The number of aliphatic hydroxyl groups is 1. The van der Waals surface area contributed by atoms with Crippen LogP contribution in [0.25, 0.3) is 0 Å². The van der Waals surface area contributed by atoms with Crippen LogP contribution in [0.1, 0.15) is 79.1 Å². The predicted octanol–water partition coefficient (Wildman–Crippen LogP) is 5.32. The third-order valence-electron chi connectivity index (χ3n) is 6.56. The van der Waals surface area contributed by atoms with Crippen LogP contribution in [-0.4, -0.2) is 29.7 Å². The quantitative estimate of drug-likeness (QED) is 0.601. The zero-order valence-corrected chi connectivity index (χ0v) is 16.9. The van der Waals surface area contributed by atoms with Crippen LogP contribution in [-0.2, 0) is 9.47 Å². The summed E-state index contributed by atoms with van der Waals surface area (Å²) in [5, 5.41) is 9.14. The summed E-state index contributed by atoms with van der Waals surface area (Å²) in [5.41, 5.74) is 0. The molecule has 3 heteroatoms. The van der Waals surface area contributed by atoms with Gasteiger partial charge in [0.1, 0.15) is 0 Å². The summed E-state index contributed by atoms with van der Waals surface area (Å²) in [6.45, 7) is 13.3. The maximum absolute atomic E-state index is 9.14. The lowest BCUT2D eigenvalue weighted by atomic mass is 9.80. The van der Waals surface area contributed by atoms with E-state index in [1.807, 2.05) is 6.08 Å². The maximum atomic E-state index is 9.14. The second-order valence-electron chi connectivity index (χ2n) is 8.81. The average Bonchev–Trinajstić information content (AvgIpc) is 2.62. The molecule has 0 amide bonds. The van der Waals surface area contributed by atoms with Gasteiger partial charge in [-0.05, 0) is 62.2 Å². The molecule has 25 heavy (non-hydrogen) atoms. The van der Waals surface area contributed by atoms with Gasteiger partial charge in [-0.3, -0.25) is 0 Å². The van der Waals surface area contributed by atoms with Gasteiger partial charge in [0.15, 0.2) is 5.79 Å². The smallest absolute Gasteiger partial charge is 0.169 e. The van der Waals surface area contributed by atoms with Gasteiger partial charge in [0.25, 0.3) is 0 Å². The van der Waals surface area contributed by atoms with Crippen molar-refractivity contribution in [2.45, 2.75) is 97.1 Å². The van der Waals surface area contributed by atoms with E-state index in [9.17, 15) is 0 Å². The molecule has 0 bridgehead atoms. The molecule has 2 heterocycles. The Bertz CT molecular complexity index is 406. The van der Waals surface area contributed by atoms with E-state index in [0.29, 0.717) is 29.8 Å². The van der Waals surface area contributed by atoms with Crippen LogP contribution < -0.4 is 0 Å². The number of ether oxygens (including phenoxy) is 2. The molecule has 0 aromatic carbocycles. The second-order valence-corrected chi connectivity index (χ2v) is 8.81. The minimum Gasteiger partial charge on any atom is -0.396 e. The van der Waals surface area contributed by atoms with E-state index in [1.165, 1.54) is 12.8 Å². The van der Waals surface area contributed by atoms with E-state index in [0.717, 1.165) is 38.5 Å². The van der Waals surface area contributed by atoms with Crippen molar-refractivity contribution in [2.75, 3.05) is 6.61 Å². The van der Waals surface area contributed by atoms with Crippen LogP contribution in [0, 0.1) is 23.7 Å². The van der Waals surface area contributed by atoms with E-state index in [2.05, 4.69) is 34.3 Å².